The van der Waals surface area contributed by atoms with E-state index in [9.17, 15) is 8.42 Å². The molecule has 3 aromatic carbocycles. The minimum atomic E-state index is -3.65. The maximum absolute atomic E-state index is 13.0. The van der Waals surface area contributed by atoms with Gasteiger partial charge in [-0.25, -0.2) is 13.1 Å². The summed E-state index contributed by atoms with van der Waals surface area (Å²) >= 11 is 0. The van der Waals surface area contributed by atoms with Crippen LogP contribution in [-0.2, 0) is 10.0 Å². The third-order valence-electron chi connectivity index (χ3n) is 5.74. The smallest absolute Gasteiger partial charge is 0.240 e. The Balaban J connectivity index is 1.45. The Bertz CT molecular complexity index is 1080. The number of rotatable bonds is 8. The van der Waals surface area contributed by atoms with E-state index in [1.165, 1.54) is 0 Å². The van der Waals surface area contributed by atoms with Gasteiger partial charge in [-0.2, -0.15) is 0 Å². The molecule has 1 unspecified atom stereocenters. The third-order valence-corrected chi connectivity index (χ3v) is 7.18. The van der Waals surface area contributed by atoms with E-state index >= 15 is 0 Å². The van der Waals surface area contributed by atoms with Crippen LogP contribution in [0.25, 0.3) is 0 Å². The van der Waals surface area contributed by atoms with Crippen molar-refractivity contribution in [3.63, 3.8) is 0 Å². The Kier molecular flexibility index (Phi) is 7.22. The molecule has 0 radical (unpaired) electrons. The summed E-state index contributed by atoms with van der Waals surface area (Å²) in [7, 11) is -1.53. The SMILES string of the molecule is CN1CCN(C(CNS(=O)(=O)c2ccc(Oc3ccccc3)cc2)c2ccccc2)CC1. The summed E-state index contributed by atoms with van der Waals surface area (Å²) in [6, 6.07) is 26.0. The van der Waals surface area contributed by atoms with Crippen molar-refractivity contribution in [3.8, 4) is 11.5 Å². The average molecular weight is 452 g/mol. The largest absolute Gasteiger partial charge is 0.457 e. The highest BCUT2D eigenvalue weighted by Gasteiger charge is 2.26. The molecule has 7 heteroatoms. The van der Waals surface area contributed by atoms with Gasteiger partial charge in [0.1, 0.15) is 11.5 Å². The molecule has 32 heavy (non-hydrogen) atoms. The quantitative estimate of drug-likeness (QED) is 0.565. The number of nitrogens with zero attached hydrogens (tertiary/aromatic N) is 2. The molecule has 168 valence electrons. The number of hydrogen-bond donors (Lipinski definition) is 1. The molecule has 0 bridgehead atoms. The van der Waals surface area contributed by atoms with Gasteiger partial charge in [0, 0.05) is 38.8 Å². The first-order valence-electron chi connectivity index (χ1n) is 10.8. The van der Waals surface area contributed by atoms with E-state index in [2.05, 4.69) is 33.7 Å². The van der Waals surface area contributed by atoms with Gasteiger partial charge in [-0.3, -0.25) is 4.90 Å². The van der Waals surface area contributed by atoms with Gasteiger partial charge in [0.05, 0.1) is 4.90 Å². The molecule has 1 aliphatic heterocycles. The van der Waals surface area contributed by atoms with Crippen LogP contribution in [0.4, 0.5) is 0 Å². The van der Waals surface area contributed by atoms with E-state index in [0.717, 1.165) is 31.7 Å². The molecular formula is C25H29N3O3S. The summed E-state index contributed by atoms with van der Waals surface area (Å²) < 4.78 is 34.6. The van der Waals surface area contributed by atoms with E-state index in [-0.39, 0.29) is 10.9 Å². The monoisotopic (exact) mass is 451 g/mol. The molecule has 3 aromatic rings. The summed E-state index contributed by atoms with van der Waals surface area (Å²) in [6.07, 6.45) is 0. The van der Waals surface area contributed by atoms with E-state index in [4.69, 9.17) is 4.74 Å². The topological polar surface area (TPSA) is 61.9 Å². The molecule has 0 aromatic heterocycles. The van der Waals surface area contributed by atoms with E-state index < -0.39 is 10.0 Å². The molecule has 6 nitrogen and oxygen atoms in total. The maximum Gasteiger partial charge on any atom is 0.240 e. The lowest BCUT2D eigenvalue weighted by Gasteiger charge is -2.38. The minimum absolute atomic E-state index is 0.0136. The van der Waals surface area contributed by atoms with Crippen molar-refractivity contribution in [3.05, 3.63) is 90.5 Å². The Labute approximate surface area is 190 Å². The van der Waals surface area contributed by atoms with Gasteiger partial charge in [0.2, 0.25) is 10.0 Å². The van der Waals surface area contributed by atoms with Crippen molar-refractivity contribution < 1.29 is 13.2 Å². The van der Waals surface area contributed by atoms with Crippen LogP contribution in [0.15, 0.2) is 89.8 Å². The number of sulfonamides is 1. The Morgan fingerprint density at radius 2 is 1.38 bits per heavy atom. The molecule has 1 fully saturated rings. The normalized spacial score (nSPS) is 16.5. The van der Waals surface area contributed by atoms with Crippen LogP contribution >= 0.6 is 0 Å². The highest BCUT2D eigenvalue weighted by molar-refractivity contribution is 7.89. The predicted octanol–water partition coefficient (Wildman–Crippen LogP) is 3.75. The fourth-order valence-electron chi connectivity index (χ4n) is 3.85. The summed E-state index contributed by atoms with van der Waals surface area (Å²) in [6.45, 7) is 4.07. The zero-order valence-corrected chi connectivity index (χ0v) is 19.0. The Morgan fingerprint density at radius 1 is 0.812 bits per heavy atom. The predicted molar refractivity (Wildman–Crippen MR) is 126 cm³/mol. The Morgan fingerprint density at radius 3 is 2.00 bits per heavy atom. The number of nitrogens with one attached hydrogen (secondary N) is 1. The van der Waals surface area contributed by atoms with Crippen LogP contribution in [0, 0.1) is 0 Å². The van der Waals surface area contributed by atoms with Crippen LogP contribution in [-0.4, -0.2) is 58.0 Å². The van der Waals surface area contributed by atoms with E-state index in [1.807, 2.05) is 48.5 Å². The zero-order chi connectivity index (χ0) is 22.4. The fraction of sp³-hybridized carbons (Fsp3) is 0.280. The molecule has 1 aliphatic rings. The van der Waals surface area contributed by atoms with Crippen molar-refractivity contribution in [2.24, 2.45) is 0 Å². The lowest BCUT2D eigenvalue weighted by atomic mass is 10.0. The molecule has 4 rings (SSSR count). The zero-order valence-electron chi connectivity index (χ0n) is 18.2. The number of benzene rings is 3. The number of ether oxygens (including phenoxy) is 1. The third kappa shape index (κ3) is 5.75. The number of likely N-dealkylation sites (N-methyl/N-ethyl adjacent to an activating group) is 1. The number of para-hydroxylation sites is 1. The number of piperazine rings is 1. The lowest BCUT2D eigenvalue weighted by molar-refractivity contribution is 0.113. The van der Waals surface area contributed by atoms with Crippen molar-refractivity contribution in [2.45, 2.75) is 10.9 Å². The van der Waals surface area contributed by atoms with Crippen molar-refractivity contribution in [1.29, 1.82) is 0 Å². The second-order valence-electron chi connectivity index (χ2n) is 8.00. The van der Waals surface area contributed by atoms with Gasteiger partial charge in [-0.05, 0) is 49.0 Å². The molecule has 1 N–H and O–H groups in total. The first-order chi connectivity index (χ1) is 15.5. The summed E-state index contributed by atoms with van der Waals surface area (Å²) in [4.78, 5) is 4.87. The van der Waals surface area contributed by atoms with Crippen molar-refractivity contribution in [2.75, 3.05) is 39.8 Å². The van der Waals surface area contributed by atoms with Crippen molar-refractivity contribution in [1.82, 2.24) is 14.5 Å². The maximum atomic E-state index is 13.0. The summed E-state index contributed by atoms with van der Waals surface area (Å²) in [5, 5.41) is 0. The van der Waals surface area contributed by atoms with Gasteiger partial charge < -0.3 is 9.64 Å². The minimum Gasteiger partial charge on any atom is -0.457 e. The van der Waals surface area contributed by atoms with Gasteiger partial charge in [0.25, 0.3) is 0 Å². The van der Waals surface area contributed by atoms with Crippen LogP contribution in [0.2, 0.25) is 0 Å². The first-order valence-corrected chi connectivity index (χ1v) is 12.3. The Hall–Kier alpha value is -2.71. The first kappa shape index (κ1) is 22.5. The summed E-state index contributed by atoms with van der Waals surface area (Å²) in [5.41, 5.74) is 1.12. The standard InChI is InChI=1S/C25H29N3O3S/c1-27-16-18-28(19-17-27)25(21-8-4-2-5-9-21)20-26-32(29,30)24-14-12-23(13-15-24)31-22-10-6-3-7-11-22/h2-15,25-26H,16-20H2,1H3. The summed E-state index contributed by atoms with van der Waals surface area (Å²) in [5.74, 6) is 1.30. The van der Waals surface area contributed by atoms with Crippen molar-refractivity contribution >= 4 is 10.0 Å². The van der Waals surface area contributed by atoms with Gasteiger partial charge in [0.15, 0.2) is 0 Å². The second-order valence-corrected chi connectivity index (χ2v) is 9.77. The highest BCUT2D eigenvalue weighted by atomic mass is 32.2. The van der Waals surface area contributed by atoms with Gasteiger partial charge in [-0.1, -0.05) is 48.5 Å². The highest BCUT2D eigenvalue weighted by Crippen LogP contribution is 2.24. The van der Waals surface area contributed by atoms with Crippen LogP contribution in [0.3, 0.4) is 0 Å². The lowest BCUT2D eigenvalue weighted by Crippen LogP contribution is -2.48. The molecule has 0 spiro atoms. The fourth-order valence-corrected chi connectivity index (χ4v) is 4.89. The molecule has 1 heterocycles. The average Bonchev–Trinajstić information content (AvgIpc) is 2.82. The molecular weight excluding hydrogens is 422 g/mol. The molecule has 0 saturated carbocycles. The molecule has 0 amide bonds. The van der Waals surface area contributed by atoms with E-state index in [0.29, 0.717) is 18.0 Å². The van der Waals surface area contributed by atoms with Crippen LogP contribution in [0.1, 0.15) is 11.6 Å². The van der Waals surface area contributed by atoms with Gasteiger partial charge >= 0.3 is 0 Å². The molecule has 1 atom stereocenters. The molecule has 1 saturated heterocycles. The van der Waals surface area contributed by atoms with Gasteiger partial charge in [-0.15, -0.1) is 0 Å². The van der Waals surface area contributed by atoms with E-state index in [1.54, 1.807) is 24.3 Å². The number of hydrogen-bond acceptors (Lipinski definition) is 5. The molecule has 0 aliphatic carbocycles. The second kappa shape index (κ2) is 10.3. The van der Waals surface area contributed by atoms with Crippen LogP contribution in [0.5, 0.6) is 11.5 Å². The van der Waals surface area contributed by atoms with Crippen LogP contribution < -0.4 is 9.46 Å².